The molecule has 2 aliphatic rings. The molecule has 1 aliphatic carbocycles. The number of carbonyl (C=O) groups excluding carboxylic acids is 2. The van der Waals surface area contributed by atoms with E-state index in [4.69, 9.17) is 10.5 Å². The van der Waals surface area contributed by atoms with Crippen molar-refractivity contribution in [1.82, 2.24) is 5.32 Å². The molecule has 1 heterocycles. The van der Waals surface area contributed by atoms with E-state index < -0.39 is 5.54 Å². The fourth-order valence-corrected chi connectivity index (χ4v) is 3.31. The lowest BCUT2D eigenvalue weighted by molar-refractivity contribution is -0.121. The van der Waals surface area contributed by atoms with Gasteiger partial charge in [0.25, 0.3) is 0 Å². The number of anilines is 2. The molecule has 0 radical (unpaired) electrons. The Labute approximate surface area is 159 Å². The molecule has 5 N–H and O–H groups in total. The van der Waals surface area contributed by atoms with Gasteiger partial charge in [0.2, 0.25) is 5.91 Å². The molecule has 144 valence electrons. The second-order valence-corrected chi connectivity index (χ2v) is 6.86. The van der Waals surface area contributed by atoms with E-state index in [1.54, 1.807) is 24.3 Å². The van der Waals surface area contributed by atoms with Crippen molar-refractivity contribution in [3.63, 3.8) is 0 Å². The first kappa shape index (κ1) is 20.5. The number of ether oxygens (including phenoxy) is 1. The molecule has 1 aromatic carbocycles. The number of hydrogen-bond donors (Lipinski definition) is 4. The molecule has 3 amide bonds. The number of nitrogens with two attached hydrogens (primary N) is 1. The van der Waals surface area contributed by atoms with E-state index in [1.807, 2.05) is 0 Å². The van der Waals surface area contributed by atoms with Crippen LogP contribution in [0.1, 0.15) is 38.5 Å². The first-order valence-electron chi connectivity index (χ1n) is 8.92. The summed E-state index contributed by atoms with van der Waals surface area (Å²) in [6, 6.07) is 6.75. The van der Waals surface area contributed by atoms with Gasteiger partial charge in [0, 0.05) is 24.5 Å². The Hall–Kier alpha value is -1.83. The lowest BCUT2D eigenvalue weighted by Crippen LogP contribution is -2.48. The standard InChI is InChI=1S/C18H26N4O3.ClH/c19-18(9-1-2-10-18)16(23)21-13-5-7-14(8-6-13)22-17(24)20-12-15-4-3-11-25-15;/h5-8,15H,1-4,9-12,19H2,(H,21,23)(H2,20,22,24);1H. The molecule has 8 heteroatoms. The van der Waals surface area contributed by atoms with E-state index >= 15 is 0 Å². The van der Waals surface area contributed by atoms with Gasteiger partial charge in [-0.2, -0.15) is 0 Å². The summed E-state index contributed by atoms with van der Waals surface area (Å²) in [5.41, 5.74) is 6.72. The van der Waals surface area contributed by atoms with Gasteiger partial charge in [0.05, 0.1) is 11.6 Å². The van der Waals surface area contributed by atoms with Crippen LogP contribution >= 0.6 is 12.4 Å². The summed E-state index contributed by atoms with van der Waals surface area (Å²) in [7, 11) is 0. The average molecular weight is 383 g/mol. The maximum Gasteiger partial charge on any atom is 0.319 e. The molecule has 1 atom stereocenters. The predicted molar refractivity (Wildman–Crippen MR) is 104 cm³/mol. The Morgan fingerprint density at radius 2 is 1.69 bits per heavy atom. The van der Waals surface area contributed by atoms with Gasteiger partial charge in [-0.25, -0.2) is 4.79 Å². The molecule has 1 aromatic rings. The van der Waals surface area contributed by atoms with Gasteiger partial charge in [-0.1, -0.05) is 12.8 Å². The van der Waals surface area contributed by atoms with Crippen LogP contribution in [0.3, 0.4) is 0 Å². The van der Waals surface area contributed by atoms with Gasteiger partial charge >= 0.3 is 6.03 Å². The number of benzene rings is 1. The monoisotopic (exact) mass is 382 g/mol. The Balaban J connectivity index is 0.00000243. The van der Waals surface area contributed by atoms with Crippen molar-refractivity contribution in [1.29, 1.82) is 0 Å². The van der Waals surface area contributed by atoms with Crippen molar-refractivity contribution in [3.8, 4) is 0 Å². The number of halogens is 1. The summed E-state index contributed by atoms with van der Waals surface area (Å²) in [5.74, 6) is -0.139. The molecular weight excluding hydrogens is 356 g/mol. The SMILES string of the molecule is Cl.NC1(C(=O)Nc2ccc(NC(=O)NCC3CCCO3)cc2)CCCC1. The highest BCUT2D eigenvalue weighted by Crippen LogP contribution is 2.28. The van der Waals surface area contributed by atoms with E-state index in [0.717, 1.165) is 45.1 Å². The van der Waals surface area contributed by atoms with Gasteiger partial charge in [-0.15, -0.1) is 12.4 Å². The molecule has 0 bridgehead atoms. The maximum atomic E-state index is 12.3. The van der Waals surface area contributed by atoms with E-state index in [9.17, 15) is 9.59 Å². The largest absolute Gasteiger partial charge is 0.376 e. The maximum absolute atomic E-state index is 12.3. The first-order chi connectivity index (χ1) is 12.0. The highest BCUT2D eigenvalue weighted by Gasteiger charge is 2.36. The third-order valence-electron chi connectivity index (χ3n) is 4.86. The summed E-state index contributed by atoms with van der Waals surface area (Å²) < 4.78 is 5.46. The minimum Gasteiger partial charge on any atom is -0.376 e. The summed E-state index contributed by atoms with van der Waals surface area (Å²) in [5, 5.41) is 8.42. The molecule has 2 fully saturated rings. The molecule has 3 rings (SSSR count). The zero-order valence-corrected chi connectivity index (χ0v) is 15.6. The third-order valence-corrected chi connectivity index (χ3v) is 4.86. The van der Waals surface area contributed by atoms with Crippen LogP contribution < -0.4 is 21.7 Å². The predicted octanol–water partition coefficient (Wildman–Crippen LogP) is 2.62. The Morgan fingerprint density at radius 1 is 1.08 bits per heavy atom. The first-order valence-corrected chi connectivity index (χ1v) is 8.92. The van der Waals surface area contributed by atoms with Crippen LogP contribution in [-0.2, 0) is 9.53 Å². The van der Waals surface area contributed by atoms with Crippen molar-refractivity contribution in [2.45, 2.75) is 50.2 Å². The molecular formula is C18H27ClN4O3. The van der Waals surface area contributed by atoms with Gasteiger partial charge in [-0.05, 0) is 49.9 Å². The van der Waals surface area contributed by atoms with E-state index in [2.05, 4.69) is 16.0 Å². The van der Waals surface area contributed by atoms with Crippen LogP contribution in [0.5, 0.6) is 0 Å². The summed E-state index contributed by atoms with van der Waals surface area (Å²) >= 11 is 0. The number of urea groups is 1. The van der Waals surface area contributed by atoms with Crippen LogP contribution in [0.25, 0.3) is 0 Å². The molecule has 0 spiro atoms. The normalized spacial score (nSPS) is 20.9. The van der Waals surface area contributed by atoms with Crippen LogP contribution in [0.15, 0.2) is 24.3 Å². The van der Waals surface area contributed by atoms with Crippen LogP contribution in [0.4, 0.5) is 16.2 Å². The minimum atomic E-state index is -0.751. The van der Waals surface area contributed by atoms with Crippen molar-refractivity contribution >= 4 is 35.7 Å². The van der Waals surface area contributed by atoms with Crippen molar-refractivity contribution < 1.29 is 14.3 Å². The topological polar surface area (TPSA) is 105 Å². The highest BCUT2D eigenvalue weighted by molar-refractivity contribution is 5.98. The van der Waals surface area contributed by atoms with Crippen LogP contribution in [0, 0.1) is 0 Å². The fourth-order valence-electron chi connectivity index (χ4n) is 3.31. The second-order valence-electron chi connectivity index (χ2n) is 6.86. The molecule has 1 saturated heterocycles. The summed E-state index contributed by atoms with van der Waals surface area (Å²) in [6.45, 7) is 1.28. The number of hydrogen-bond acceptors (Lipinski definition) is 4. The van der Waals surface area contributed by atoms with Gasteiger partial charge in [-0.3, -0.25) is 4.79 Å². The molecule has 1 saturated carbocycles. The smallest absolute Gasteiger partial charge is 0.319 e. The second kappa shape index (κ2) is 9.21. The fraction of sp³-hybridized carbons (Fsp3) is 0.556. The number of nitrogens with one attached hydrogen (secondary N) is 3. The summed E-state index contributed by atoms with van der Waals surface area (Å²) in [6.07, 6.45) is 5.58. The number of carbonyl (C=O) groups is 2. The third kappa shape index (κ3) is 5.33. The van der Waals surface area contributed by atoms with Crippen molar-refractivity contribution in [2.24, 2.45) is 5.73 Å². The number of amides is 3. The lowest BCUT2D eigenvalue weighted by Gasteiger charge is -2.22. The zero-order chi connectivity index (χ0) is 17.7. The zero-order valence-electron chi connectivity index (χ0n) is 14.8. The molecule has 7 nitrogen and oxygen atoms in total. The Bertz CT molecular complexity index is 611. The molecule has 0 aromatic heterocycles. The number of rotatable bonds is 5. The van der Waals surface area contributed by atoms with E-state index in [0.29, 0.717) is 17.9 Å². The highest BCUT2D eigenvalue weighted by atomic mass is 35.5. The summed E-state index contributed by atoms with van der Waals surface area (Å²) in [4.78, 5) is 24.2. The van der Waals surface area contributed by atoms with Gasteiger partial charge < -0.3 is 26.4 Å². The minimum absolute atomic E-state index is 0. The lowest BCUT2D eigenvalue weighted by atomic mass is 9.98. The van der Waals surface area contributed by atoms with E-state index in [-0.39, 0.29) is 30.4 Å². The van der Waals surface area contributed by atoms with Crippen molar-refractivity contribution in [2.75, 3.05) is 23.8 Å². The van der Waals surface area contributed by atoms with Crippen LogP contribution in [0.2, 0.25) is 0 Å². The Morgan fingerprint density at radius 3 is 2.27 bits per heavy atom. The van der Waals surface area contributed by atoms with E-state index in [1.165, 1.54) is 0 Å². The molecule has 26 heavy (non-hydrogen) atoms. The molecule has 1 unspecified atom stereocenters. The Kier molecular flexibility index (Phi) is 7.25. The van der Waals surface area contributed by atoms with Gasteiger partial charge in [0.1, 0.15) is 0 Å². The quantitative estimate of drug-likeness (QED) is 0.628. The average Bonchev–Trinajstić information content (AvgIpc) is 3.27. The molecule has 1 aliphatic heterocycles. The van der Waals surface area contributed by atoms with Gasteiger partial charge in [0.15, 0.2) is 0 Å². The van der Waals surface area contributed by atoms with Crippen molar-refractivity contribution in [3.05, 3.63) is 24.3 Å². The van der Waals surface area contributed by atoms with Crippen LogP contribution in [-0.4, -0.2) is 36.7 Å².